The predicted molar refractivity (Wildman–Crippen MR) is 119 cm³/mol. The van der Waals surface area contributed by atoms with Crippen molar-refractivity contribution < 1.29 is 0 Å². The summed E-state index contributed by atoms with van der Waals surface area (Å²) in [7, 11) is 0. The second-order valence-electron chi connectivity index (χ2n) is 7.54. The lowest BCUT2D eigenvalue weighted by molar-refractivity contribution is 0.839. The maximum atomic E-state index is 2.35. The van der Waals surface area contributed by atoms with Gasteiger partial charge in [-0.3, -0.25) is 0 Å². The van der Waals surface area contributed by atoms with E-state index < -0.39 is 0 Å². The summed E-state index contributed by atoms with van der Waals surface area (Å²) < 4.78 is 0. The third kappa shape index (κ3) is 3.10. The molecule has 1 heteroatoms. The lowest BCUT2D eigenvalue weighted by atomic mass is 9.88. The molecular weight excluding hydrogens is 338 g/mol. The molecule has 0 N–H and O–H groups in total. The van der Waals surface area contributed by atoms with Gasteiger partial charge in [0, 0.05) is 17.1 Å². The van der Waals surface area contributed by atoms with Crippen molar-refractivity contribution in [3.63, 3.8) is 0 Å². The Hall–Kier alpha value is -3.32. The summed E-state index contributed by atoms with van der Waals surface area (Å²) in [6.07, 6.45) is 2.41. The van der Waals surface area contributed by atoms with Crippen LogP contribution in [-0.4, -0.2) is 0 Å². The molecule has 0 bridgehead atoms. The molecule has 0 amide bonds. The molecule has 0 aromatic heterocycles. The van der Waals surface area contributed by atoms with Gasteiger partial charge in [-0.1, -0.05) is 66.2 Å². The summed E-state index contributed by atoms with van der Waals surface area (Å²) in [5.74, 6) is 0. The Kier molecular flexibility index (Phi) is 4.21. The van der Waals surface area contributed by atoms with Gasteiger partial charge < -0.3 is 4.90 Å². The van der Waals surface area contributed by atoms with Crippen molar-refractivity contribution in [1.82, 2.24) is 0 Å². The first-order valence-corrected chi connectivity index (χ1v) is 9.92. The van der Waals surface area contributed by atoms with Crippen LogP contribution >= 0.6 is 0 Å². The van der Waals surface area contributed by atoms with Crippen LogP contribution in [0.25, 0.3) is 11.1 Å². The molecule has 5 rings (SSSR count). The molecule has 0 heterocycles. The molecule has 0 aliphatic heterocycles. The van der Waals surface area contributed by atoms with Crippen LogP contribution in [-0.2, 0) is 12.8 Å². The third-order valence-electron chi connectivity index (χ3n) is 5.64. The predicted octanol–water partition coefficient (Wildman–Crippen LogP) is 7.23. The average molecular weight is 361 g/mol. The Bertz CT molecular complexity index is 1090. The molecule has 0 fully saturated rings. The van der Waals surface area contributed by atoms with E-state index in [0.29, 0.717) is 0 Å². The van der Waals surface area contributed by atoms with E-state index in [4.69, 9.17) is 0 Å². The van der Waals surface area contributed by atoms with Crippen LogP contribution in [0.3, 0.4) is 0 Å². The van der Waals surface area contributed by atoms with Crippen LogP contribution in [0.1, 0.15) is 16.7 Å². The summed E-state index contributed by atoms with van der Waals surface area (Å²) in [6.45, 7) is 2.13. The van der Waals surface area contributed by atoms with Crippen LogP contribution in [0.4, 0.5) is 17.1 Å². The molecule has 1 aliphatic rings. The van der Waals surface area contributed by atoms with E-state index in [1.165, 1.54) is 57.7 Å². The van der Waals surface area contributed by atoms with Crippen molar-refractivity contribution in [1.29, 1.82) is 0 Å². The summed E-state index contributed by atoms with van der Waals surface area (Å²) >= 11 is 0. The van der Waals surface area contributed by atoms with Crippen LogP contribution < -0.4 is 4.90 Å². The zero-order chi connectivity index (χ0) is 18.9. The Balaban J connectivity index is 1.57. The number of hydrogen-bond donors (Lipinski definition) is 0. The highest BCUT2D eigenvalue weighted by Crippen LogP contribution is 2.38. The second kappa shape index (κ2) is 7.01. The molecule has 0 spiro atoms. The molecular formula is C27H23N. The van der Waals surface area contributed by atoms with Crippen molar-refractivity contribution in [3.05, 3.63) is 114 Å². The molecule has 136 valence electrons. The van der Waals surface area contributed by atoms with Gasteiger partial charge in [-0.05, 0) is 78.4 Å². The molecule has 0 unspecified atom stereocenters. The van der Waals surface area contributed by atoms with E-state index in [0.717, 1.165) is 0 Å². The number of rotatable bonds is 4. The fourth-order valence-electron chi connectivity index (χ4n) is 3.90. The monoisotopic (exact) mass is 361 g/mol. The van der Waals surface area contributed by atoms with E-state index >= 15 is 0 Å². The lowest BCUT2D eigenvalue weighted by Gasteiger charge is -2.28. The minimum absolute atomic E-state index is 1.18. The van der Waals surface area contributed by atoms with Gasteiger partial charge in [-0.2, -0.15) is 0 Å². The first-order chi connectivity index (χ1) is 13.8. The quantitative estimate of drug-likeness (QED) is 0.370. The summed E-state index contributed by atoms with van der Waals surface area (Å²) in [5, 5.41) is 0. The molecule has 0 atom stereocenters. The van der Waals surface area contributed by atoms with Gasteiger partial charge in [0.25, 0.3) is 0 Å². The van der Waals surface area contributed by atoms with E-state index in [2.05, 4.69) is 109 Å². The number of hydrogen-bond acceptors (Lipinski definition) is 1. The van der Waals surface area contributed by atoms with E-state index in [-0.39, 0.29) is 0 Å². The molecule has 0 saturated carbocycles. The number of aryl methyl sites for hydroxylation is 3. The smallest absolute Gasteiger partial charge is 0.0464 e. The molecule has 4 aromatic rings. The number of benzene rings is 4. The Morgan fingerprint density at radius 1 is 0.536 bits per heavy atom. The number of fused-ring (bicyclic) bond motifs is 1. The SMILES string of the molecule is Cc1ccc(N(c2ccc(-c3ccccc3)cc2)c2ccc3c(c2)CC3)cc1. The molecule has 1 aliphatic carbocycles. The fraction of sp³-hybridized carbons (Fsp3) is 0.111. The minimum atomic E-state index is 1.18. The highest BCUT2D eigenvalue weighted by Gasteiger charge is 2.18. The lowest BCUT2D eigenvalue weighted by Crippen LogP contribution is -2.13. The molecule has 4 aromatic carbocycles. The van der Waals surface area contributed by atoms with Crippen LogP contribution in [0.15, 0.2) is 97.1 Å². The van der Waals surface area contributed by atoms with E-state index in [9.17, 15) is 0 Å². The van der Waals surface area contributed by atoms with Gasteiger partial charge in [0.15, 0.2) is 0 Å². The first-order valence-electron chi connectivity index (χ1n) is 9.92. The molecule has 0 saturated heterocycles. The zero-order valence-electron chi connectivity index (χ0n) is 16.1. The van der Waals surface area contributed by atoms with Gasteiger partial charge in [0.2, 0.25) is 0 Å². The largest absolute Gasteiger partial charge is 0.310 e. The van der Waals surface area contributed by atoms with E-state index in [1.54, 1.807) is 0 Å². The summed E-state index contributed by atoms with van der Waals surface area (Å²) in [5.41, 5.74) is 10.3. The Morgan fingerprint density at radius 3 is 1.71 bits per heavy atom. The standard InChI is InChI=1S/C27H23N/c1-20-7-14-25(15-8-20)28(27-18-13-23-9-10-24(23)19-27)26-16-11-22(12-17-26)21-5-3-2-4-6-21/h2-8,11-19H,9-10H2,1H3. The van der Waals surface area contributed by atoms with Crippen molar-refractivity contribution in [2.45, 2.75) is 19.8 Å². The van der Waals surface area contributed by atoms with Gasteiger partial charge in [0.05, 0.1) is 0 Å². The van der Waals surface area contributed by atoms with Crippen molar-refractivity contribution in [2.24, 2.45) is 0 Å². The maximum absolute atomic E-state index is 2.35. The minimum Gasteiger partial charge on any atom is -0.310 e. The molecule has 28 heavy (non-hydrogen) atoms. The average Bonchev–Trinajstić information content (AvgIpc) is 2.73. The topological polar surface area (TPSA) is 3.24 Å². The first kappa shape index (κ1) is 16.8. The highest BCUT2D eigenvalue weighted by molar-refractivity contribution is 5.79. The highest BCUT2D eigenvalue weighted by atomic mass is 15.1. The van der Waals surface area contributed by atoms with Gasteiger partial charge >= 0.3 is 0 Å². The molecule has 1 nitrogen and oxygen atoms in total. The maximum Gasteiger partial charge on any atom is 0.0464 e. The van der Waals surface area contributed by atoms with Gasteiger partial charge in [0.1, 0.15) is 0 Å². The molecule has 0 radical (unpaired) electrons. The van der Waals surface area contributed by atoms with Gasteiger partial charge in [-0.25, -0.2) is 0 Å². The summed E-state index contributed by atoms with van der Waals surface area (Å²) in [4.78, 5) is 2.35. The zero-order valence-corrected chi connectivity index (χ0v) is 16.1. The van der Waals surface area contributed by atoms with E-state index in [1.807, 2.05) is 0 Å². The third-order valence-corrected chi connectivity index (χ3v) is 5.64. The summed E-state index contributed by atoms with van der Waals surface area (Å²) in [6, 6.07) is 35.1. The van der Waals surface area contributed by atoms with Crippen LogP contribution in [0.2, 0.25) is 0 Å². The van der Waals surface area contributed by atoms with Crippen LogP contribution in [0.5, 0.6) is 0 Å². The van der Waals surface area contributed by atoms with Gasteiger partial charge in [-0.15, -0.1) is 0 Å². The second-order valence-corrected chi connectivity index (χ2v) is 7.54. The normalized spacial score (nSPS) is 12.2. The Labute approximate surface area is 166 Å². The number of anilines is 3. The Morgan fingerprint density at radius 2 is 1.11 bits per heavy atom. The van der Waals surface area contributed by atoms with Crippen molar-refractivity contribution >= 4 is 17.1 Å². The number of nitrogens with zero attached hydrogens (tertiary/aromatic N) is 1. The fourth-order valence-corrected chi connectivity index (χ4v) is 3.90. The van der Waals surface area contributed by atoms with Crippen LogP contribution in [0, 0.1) is 6.92 Å². The van der Waals surface area contributed by atoms with Crippen molar-refractivity contribution in [2.75, 3.05) is 4.90 Å². The van der Waals surface area contributed by atoms with Crippen molar-refractivity contribution in [3.8, 4) is 11.1 Å².